The fraction of sp³-hybridized carbons (Fsp3) is 0.292. The topological polar surface area (TPSA) is 54.0 Å². The summed E-state index contributed by atoms with van der Waals surface area (Å²) in [6.45, 7) is 4.77. The second-order valence-electron chi connectivity index (χ2n) is 8.07. The molecule has 0 spiro atoms. The highest BCUT2D eigenvalue weighted by atomic mass is 32.1. The van der Waals surface area contributed by atoms with Crippen LogP contribution in [-0.2, 0) is 4.74 Å². The number of imidazole rings is 1. The zero-order valence-electron chi connectivity index (χ0n) is 17.6. The van der Waals surface area contributed by atoms with E-state index in [1.165, 1.54) is 0 Å². The van der Waals surface area contributed by atoms with Crippen molar-refractivity contribution in [3.05, 3.63) is 81.1 Å². The monoisotopic (exact) mass is 432 g/mol. The molecule has 1 fully saturated rings. The van der Waals surface area contributed by atoms with Gasteiger partial charge in [-0.25, -0.2) is 4.98 Å². The Balaban J connectivity index is 1.85. The minimum Gasteiger partial charge on any atom is -0.358 e. The van der Waals surface area contributed by atoms with Crippen molar-refractivity contribution in [1.29, 1.82) is 0 Å². The Morgan fingerprint density at radius 1 is 0.935 bits per heavy atom. The van der Waals surface area contributed by atoms with Gasteiger partial charge >= 0.3 is 0 Å². The van der Waals surface area contributed by atoms with Crippen LogP contribution in [0.2, 0.25) is 0 Å². The first kappa shape index (κ1) is 19.9. The quantitative estimate of drug-likeness (QED) is 0.427. The molecule has 0 bridgehead atoms. The zero-order valence-corrected chi connectivity index (χ0v) is 18.4. The van der Waals surface area contributed by atoms with Gasteiger partial charge in [0.25, 0.3) is 5.56 Å². The number of benzene rings is 2. The van der Waals surface area contributed by atoms with Gasteiger partial charge in [0.05, 0.1) is 12.0 Å². The van der Waals surface area contributed by atoms with Crippen molar-refractivity contribution in [2.75, 3.05) is 6.61 Å². The largest absolute Gasteiger partial charge is 0.358 e. The summed E-state index contributed by atoms with van der Waals surface area (Å²) < 4.78 is 11.9. The third-order valence-electron chi connectivity index (χ3n) is 5.82. The van der Waals surface area contributed by atoms with Crippen molar-refractivity contribution in [2.45, 2.75) is 39.3 Å². The Hall–Kier alpha value is -3.03. The smallest absolute Gasteiger partial charge is 0.287 e. The summed E-state index contributed by atoms with van der Waals surface area (Å²) in [6.07, 6.45) is 4.57. The van der Waals surface area contributed by atoms with E-state index in [0.717, 1.165) is 41.8 Å². The van der Waals surface area contributed by atoms with Gasteiger partial charge < -0.3 is 4.74 Å². The predicted molar refractivity (Wildman–Crippen MR) is 124 cm³/mol. The molecule has 1 aliphatic heterocycles. The van der Waals surface area contributed by atoms with Crippen LogP contribution >= 0.6 is 12.2 Å². The molecule has 1 saturated heterocycles. The van der Waals surface area contributed by atoms with E-state index in [2.05, 4.69) is 4.98 Å². The van der Waals surface area contributed by atoms with E-state index in [1.807, 2.05) is 71.5 Å². The van der Waals surface area contributed by atoms with Gasteiger partial charge in [0.1, 0.15) is 6.23 Å². The molecule has 6 nitrogen and oxygen atoms in total. The number of nitrogens with zero attached hydrogens (tertiary/aromatic N) is 4. The third-order valence-corrected chi connectivity index (χ3v) is 6.18. The van der Waals surface area contributed by atoms with Gasteiger partial charge in [-0.2, -0.15) is 0 Å². The van der Waals surface area contributed by atoms with E-state index < -0.39 is 0 Å². The number of hydrogen-bond donors (Lipinski definition) is 0. The van der Waals surface area contributed by atoms with Crippen LogP contribution < -0.4 is 5.56 Å². The van der Waals surface area contributed by atoms with Crippen LogP contribution in [0.1, 0.15) is 36.6 Å². The lowest BCUT2D eigenvalue weighted by Crippen LogP contribution is -2.26. The van der Waals surface area contributed by atoms with E-state index in [-0.39, 0.29) is 11.8 Å². The number of aryl methyl sites for hydroxylation is 2. The second kappa shape index (κ2) is 7.90. The molecule has 1 atom stereocenters. The summed E-state index contributed by atoms with van der Waals surface area (Å²) in [5.41, 5.74) is 4.72. The average molecular weight is 433 g/mol. The molecule has 31 heavy (non-hydrogen) atoms. The molecule has 1 aliphatic rings. The molecule has 158 valence electrons. The van der Waals surface area contributed by atoms with Crippen LogP contribution in [0.4, 0.5) is 0 Å². The molecule has 4 aromatic rings. The van der Waals surface area contributed by atoms with E-state index in [1.54, 1.807) is 10.9 Å². The lowest BCUT2D eigenvalue weighted by Gasteiger charge is -2.25. The molecule has 1 unspecified atom stereocenters. The molecular formula is C24H24N4O2S. The van der Waals surface area contributed by atoms with Gasteiger partial charge in [0.2, 0.25) is 0 Å². The highest BCUT2D eigenvalue weighted by Crippen LogP contribution is 2.28. The van der Waals surface area contributed by atoms with E-state index in [0.29, 0.717) is 22.5 Å². The number of fused-ring (bicyclic) bond motifs is 1. The molecule has 2 aromatic carbocycles. The second-order valence-corrected chi connectivity index (χ2v) is 8.44. The van der Waals surface area contributed by atoms with E-state index in [4.69, 9.17) is 17.0 Å². The maximum atomic E-state index is 13.5. The summed E-state index contributed by atoms with van der Waals surface area (Å²) in [7, 11) is 0. The van der Waals surface area contributed by atoms with Crippen LogP contribution in [0.3, 0.4) is 0 Å². The first-order chi connectivity index (χ1) is 15.0. The van der Waals surface area contributed by atoms with Crippen LogP contribution in [0.5, 0.6) is 0 Å². The fourth-order valence-corrected chi connectivity index (χ4v) is 4.49. The van der Waals surface area contributed by atoms with Gasteiger partial charge in [-0.15, -0.1) is 0 Å². The Morgan fingerprint density at radius 2 is 1.55 bits per heavy atom. The first-order valence-electron chi connectivity index (χ1n) is 10.5. The Bertz CT molecular complexity index is 1360. The van der Waals surface area contributed by atoms with Crippen molar-refractivity contribution in [2.24, 2.45) is 0 Å². The number of ether oxygens (including phenoxy) is 1. The Kier molecular flexibility index (Phi) is 5.08. The standard InChI is InChI=1S/C24H24N4O2S/c1-16-6-10-18(11-7-16)27-22-21(25-15-26(22)20-5-3-4-14-30-20)23(29)28(24(27)31)19-12-8-17(2)9-13-19/h6-13,15,20H,3-5,14H2,1-2H3. The van der Waals surface area contributed by atoms with Crippen molar-refractivity contribution in [3.8, 4) is 11.4 Å². The van der Waals surface area contributed by atoms with Crippen LogP contribution in [-0.4, -0.2) is 25.3 Å². The van der Waals surface area contributed by atoms with Crippen LogP contribution in [0, 0.1) is 18.6 Å². The van der Waals surface area contributed by atoms with Gasteiger partial charge in [-0.1, -0.05) is 35.4 Å². The SMILES string of the molecule is Cc1ccc(-n2c(=O)c3ncn(C4CCCCO4)c3n(-c3ccc(C)cc3)c2=S)cc1. The highest BCUT2D eigenvalue weighted by Gasteiger charge is 2.24. The van der Waals surface area contributed by atoms with Crippen LogP contribution in [0.15, 0.2) is 59.7 Å². The molecule has 5 rings (SSSR count). The van der Waals surface area contributed by atoms with Crippen molar-refractivity contribution < 1.29 is 4.74 Å². The Labute approximate surface area is 185 Å². The van der Waals surface area contributed by atoms with Crippen molar-refractivity contribution in [3.63, 3.8) is 0 Å². The molecular weight excluding hydrogens is 408 g/mol. The van der Waals surface area contributed by atoms with E-state index in [9.17, 15) is 4.79 Å². The normalized spacial score (nSPS) is 16.6. The molecule has 2 aromatic heterocycles. The van der Waals surface area contributed by atoms with Gasteiger partial charge in [0.15, 0.2) is 15.9 Å². The van der Waals surface area contributed by atoms with Gasteiger partial charge in [0, 0.05) is 12.3 Å². The zero-order chi connectivity index (χ0) is 21.5. The van der Waals surface area contributed by atoms with Crippen molar-refractivity contribution >= 4 is 23.4 Å². The predicted octanol–water partition coefficient (Wildman–Crippen LogP) is 5.02. The molecule has 0 N–H and O–H groups in total. The van der Waals surface area contributed by atoms with Crippen molar-refractivity contribution in [1.82, 2.24) is 18.7 Å². The molecule has 0 aliphatic carbocycles. The molecule has 0 saturated carbocycles. The first-order valence-corrected chi connectivity index (χ1v) is 11.0. The molecule has 0 radical (unpaired) electrons. The maximum absolute atomic E-state index is 13.5. The van der Waals surface area contributed by atoms with E-state index >= 15 is 0 Å². The summed E-state index contributed by atoms with van der Waals surface area (Å²) in [4.78, 5) is 18.1. The molecule has 0 amide bonds. The lowest BCUT2D eigenvalue weighted by atomic mass is 10.2. The van der Waals surface area contributed by atoms with Crippen LogP contribution in [0.25, 0.3) is 22.5 Å². The lowest BCUT2D eigenvalue weighted by molar-refractivity contribution is -0.0299. The summed E-state index contributed by atoms with van der Waals surface area (Å²) in [6, 6.07) is 15.9. The summed E-state index contributed by atoms with van der Waals surface area (Å²) in [5, 5.41) is 0. The average Bonchev–Trinajstić information content (AvgIpc) is 3.22. The maximum Gasteiger partial charge on any atom is 0.287 e. The number of rotatable bonds is 3. The minimum absolute atomic E-state index is 0.153. The highest BCUT2D eigenvalue weighted by molar-refractivity contribution is 7.71. The van der Waals surface area contributed by atoms with Gasteiger partial charge in [-0.05, 0) is 69.6 Å². The third kappa shape index (κ3) is 3.43. The number of hydrogen-bond acceptors (Lipinski definition) is 4. The summed E-state index contributed by atoms with van der Waals surface area (Å²) >= 11 is 5.91. The number of aromatic nitrogens is 4. The molecule has 3 heterocycles. The fourth-order valence-electron chi connectivity index (χ4n) is 4.11. The molecule has 7 heteroatoms. The summed E-state index contributed by atoms with van der Waals surface area (Å²) in [5.74, 6) is 0. The minimum atomic E-state index is -0.221. The van der Waals surface area contributed by atoms with Gasteiger partial charge in [-0.3, -0.25) is 18.5 Å². The Morgan fingerprint density at radius 3 is 2.13 bits per heavy atom.